The highest BCUT2D eigenvalue weighted by atomic mass is 32.2. The van der Waals surface area contributed by atoms with Crippen molar-refractivity contribution >= 4 is 9.84 Å². The molecule has 0 radical (unpaired) electrons. The van der Waals surface area contributed by atoms with Crippen LogP contribution in [0, 0.1) is 0 Å². The van der Waals surface area contributed by atoms with Gasteiger partial charge in [0.15, 0.2) is 9.84 Å². The van der Waals surface area contributed by atoms with E-state index >= 15 is 0 Å². The molecule has 0 aromatic carbocycles. The van der Waals surface area contributed by atoms with Crippen molar-refractivity contribution in [3.05, 3.63) is 0 Å². The second-order valence-electron chi connectivity index (χ2n) is 3.44. The van der Waals surface area contributed by atoms with Crippen molar-refractivity contribution in [1.29, 1.82) is 0 Å². The molecule has 0 amide bonds. The van der Waals surface area contributed by atoms with Crippen LogP contribution in [0.3, 0.4) is 0 Å². The number of sulfone groups is 1. The van der Waals surface area contributed by atoms with E-state index in [4.69, 9.17) is 5.11 Å². The van der Waals surface area contributed by atoms with Gasteiger partial charge in [0, 0.05) is 13.1 Å². The molecule has 0 aliphatic rings. The molecule has 0 heterocycles. The van der Waals surface area contributed by atoms with E-state index in [2.05, 4.69) is 0 Å². The molecule has 0 rings (SSSR count). The van der Waals surface area contributed by atoms with Crippen LogP contribution in [0.15, 0.2) is 0 Å². The average molecular weight is 209 g/mol. The highest BCUT2D eigenvalue weighted by Crippen LogP contribution is 2.00. The van der Waals surface area contributed by atoms with Crippen LogP contribution < -0.4 is 0 Å². The molecule has 0 fully saturated rings. The van der Waals surface area contributed by atoms with E-state index in [0.717, 1.165) is 0 Å². The van der Waals surface area contributed by atoms with Gasteiger partial charge in [-0.25, -0.2) is 8.42 Å². The van der Waals surface area contributed by atoms with Gasteiger partial charge in [0.05, 0.1) is 17.6 Å². The van der Waals surface area contributed by atoms with Gasteiger partial charge in [-0.2, -0.15) is 0 Å². The Morgan fingerprint density at radius 3 is 2.23 bits per heavy atom. The first kappa shape index (κ1) is 12.9. The summed E-state index contributed by atoms with van der Waals surface area (Å²) < 4.78 is 22.7. The molecule has 0 bridgehead atoms. The molecule has 1 N–H and O–H groups in total. The normalized spacial score (nSPS) is 12.8. The predicted molar refractivity (Wildman–Crippen MR) is 53.5 cm³/mol. The zero-order valence-corrected chi connectivity index (χ0v) is 9.34. The Morgan fingerprint density at radius 2 is 1.85 bits per heavy atom. The van der Waals surface area contributed by atoms with E-state index in [-0.39, 0.29) is 17.6 Å². The molecule has 0 aromatic heterocycles. The van der Waals surface area contributed by atoms with Crippen molar-refractivity contribution in [3.63, 3.8) is 0 Å². The molecule has 0 saturated carbocycles. The van der Waals surface area contributed by atoms with Crippen molar-refractivity contribution in [2.75, 3.05) is 32.5 Å². The lowest BCUT2D eigenvalue weighted by Gasteiger charge is -2.15. The lowest BCUT2D eigenvalue weighted by molar-refractivity contribution is 0.227. The molecule has 0 aliphatic carbocycles. The zero-order chi connectivity index (χ0) is 10.5. The Hall–Kier alpha value is -0.130. The summed E-state index contributed by atoms with van der Waals surface area (Å²) in [5.41, 5.74) is 0. The largest absolute Gasteiger partial charge is 0.395 e. The Labute approximate surface area is 80.5 Å². The number of aliphatic hydroxyl groups excluding tert-OH is 1. The fourth-order valence-corrected chi connectivity index (χ4v) is 1.84. The maximum absolute atomic E-state index is 11.3. The molecular formula is C8H19NO3S. The van der Waals surface area contributed by atoms with Crippen molar-refractivity contribution in [2.24, 2.45) is 0 Å². The van der Waals surface area contributed by atoms with Crippen LogP contribution in [0.2, 0.25) is 0 Å². The summed E-state index contributed by atoms with van der Waals surface area (Å²) in [7, 11) is -1.14. The molecule has 4 nitrogen and oxygen atoms in total. The third-order valence-electron chi connectivity index (χ3n) is 1.96. The molecule has 0 aromatic rings. The number of likely N-dealkylation sites (N-methyl/N-ethyl adjacent to an activating group) is 1. The summed E-state index contributed by atoms with van der Waals surface area (Å²) in [5.74, 6) is 0.168. The number of rotatable bonds is 6. The fraction of sp³-hybridized carbons (Fsp3) is 1.00. The molecule has 0 saturated heterocycles. The molecule has 0 spiro atoms. The van der Waals surface area contributed by atoms with Crippen LogP contribution in [0.4, 0.5) is 0 Å². The lowest BCUT2D eigenvalue weighted by atomic mass is 10.5. The van der Waals surface area contributed by atoms with Crippen molar-refractivity contribution in [2.45, 2.75) is 19.1 Å². The smallest absolute Gasteiger partial charge is 0.153 e. The topological polar surface area (TPSA) is 57.6 Å². The van der Waals surface area contributed by atoms with Gasteiger partial charge in [-0.15, -0.1) is 0 Å². The maximum Gasteiger partial charge on any atom is 0.153 e. The van der Waals surface area contributed by atoms with Gasteiger partial charge < -0.3 is 10.0 Å². The Morgan fingerprint density at radius 1 is 1.31 bits per heavy atom. The van der Waals surface area contributed by atoms with Crippen LogP contribution in [-0.4, -0.2) is 56.2 Å². The Kier molecular flexibility index (Phi) is 5.51. The van der Waals surface area contributed by atoms with Crippen LogP contribution in [0.25, 0.3) is 0 Å². The minimum atomic E-state index is -2.93. The number of hydrogen-bond donors (Lipinski definition) is 1. The maximum atomic E-state index is 11.3. The summed E-state index contributed by atoms with van der Waals surface area (Å²) in [6.07, 6.45) is 0. The molecule has 0 unspecified atom stereocenters. The number of nitrogens with zero attached hydrogens (tertiary/aromatic N) is 1. The number of hydrogen-bond acceptors (Lipinski definition) is 4. The van der Waals surface area contributed by atoms with E-state index < -0.39 is 9.84 Å². The van der Waals surface area contributed by atoms with E-state index in [9.17, 15) is 8.42 Å². The predicted octanol–water partition coefficient (Wildman–Crippen LogP) is -0.266. The molecule has 5 heteroatoms. The summed E-state index contributed by atoms with van der Waals surface area (Å²) >= 11 is 0. The first-order valence-electron chi connectivity index (χ1n) is 4.41. The molecule has 0 aliphatic heterocycles. The Bertz CT molecular complexity index is 224. The van der Waals surface area contributed by atoms with E-state index in [0.29, 0.717) is 13.1 Å². The van der Waals surface area contributed by atoms with Gasteiger partial charge in [0.25, 0.3) is 0 Å². The van der Waals surface area contributed by atoms with Crippen LogP contribution in [-0.2, 0) is 9.84 Å². The highest BCUT2D eigenvalue weighted by molar-refractivity contribution is 7.92. The van der Waals surface area contributed by atoms with Gasteiger partial charge in [0.1, 0.15) is 0 Å². The van der Waals surface area contributed by atoms with Crippen LogP contribution >= 0.6 is 0 Å². The average Bonchev–Trinajstić information content (AvgIpc) is 2.01. The van der Waals surface area contributed by atoms with Gasteiger partial charge in [-0.1, -0.05) is 0 Å². The van der Waals surface area contributed by atoms with E-state index in [1.54, 1.807) is 25.8 Å². The van der Waals surface area contributed by atoms with E-state index in [1.807, 2.05) is 0 Å². The van der Waals surface area contributed by atoms with E-state index in [1.165, 1.54) is 0 Å². The summed E-state index contributed by atoms with van der Waals surface area (Å²) in [6, 6.07) is 0. The minimum absolute atomic E-state index is 0.0677. The molecule has 13 heavy (non-hydrogen) atoms. The second kappa shape index (κ2) is 5.57. The van der Waals surface area contributed by atoms with Gasteiger partial charge in [0.2, 0.25) is 0 Å². The van der Waals surface area contributed by atoms with Gasteiger partial charge in [-0.3, -0.25) is 0 Å². The quantitative estimate of drug-likeness (QED) is 0.654. The summed E-state index contributed by atoms with van der Waals surface area (Å²) in [6.45, 7) is 4.44. The summed E-state index contributed by atoms with van der Waals surface area (Å²) in [4.78, 5) is 1.81. The van der Waals surface area contributed by atoms with Gasteiger partial charge >= 0.3 is 0 Å². The molecule has 80 valence electrons. The first-order chi connectivity index (χ1) is 5.90. The summed E-state index contributed by atoms with van der Waals surface area (Å²) in [5, 5.41) is 8.27. The third-order valence-corrected chi connectivity index (χ3v) is 4.15. The monoisotopic (exact) mass is 209 g/mol. The fourth-order valence-electron chi connectivity index (χ4n) is 0.801. The minimum Gasteiger partial charge on any atom is -0.395 e. The first-order valence-corrected chi connectivity index (χ1v) is 6.12. The standard InChI is InChI=1S/C8H19NO3S/c1-8(2)13(11,12)7-5-9(3)4-6-10/h8,10H,4-7H2,1-3H3. The zero-order valence-electron chi connectivity index (χ0n) is 8.52. The number of aliphatic hydroxyl groups is 1. The van der Waals surface area contributed by atoms with Crippen LogP contribution in [0.1, 0.15) is 13.8 Å². The molecule has 0 atom stereocenters. The molecular weight excluding hydrogens is 190 g/mol. The third kappa shape index (κ3) is 5.23. The van der Waals surface area contributed by atoms with Crippen molar-refractivity contribution in [3.8, 4) is 0 Å². The van der Waals surface area contributed by atoms with Crippen molar-refractivity contribution in [1.82, 2.24) is 4.90 Å². The van der Waals surface area contributed by atoms with Crippen LogP contribution in [0.5, 0.6) is 0 Å². The lowest BCUT2D eigenvalue weighted by Crippen LogP contribution is -2.30. The van der Waals surface area contributed by atoms with Crippen molar-refractivity contribution < 1.29 is 13.5 Å². The Balaban J connectivity index is 3.89. The second-order valence-corrected chi connectivity index (χ2v) is 6.12. The highest BCUT2D eigenvalue weighted by Gasteiger charge is 2.16. The SMILES string of the molecule is CC(C)S(=O)(=O)CCN(C)CCO. The van der Waals surface area contributed by atoms with Gasteiger partial charge in [-0.05, 0) is 20.9 Å².